The number of hydrogen-bond donors (Lipinski definition) is 1. The summed E-state index contributed by atoms with van der Waals surface area (Å²) in [5.41, 5.74) is 2.58. The first-order valence-corrected chi connectivity index (χ1v) is 8.99. The van der Waals surface area contributed by atoms with Crippen molar-refractivity contribution in [2.45, 2.75) is 19.4 Å². The summed E-state index contributed by atoms with van der Waals surface area (Å²) < 4.78 is 15.0. The highest BCUT2D eigenvalue weighted by Crippen LogP contribution is 2.22. The summed E-state index contributed by atoms with van der Waals surface area (Å²) in [5, 5.41) is 11.7. The summed E-state index contributed by atoms with van der Waals surface area (Å²) in [6.45, 7) is 1.83. The normalized spacial score (nSPS) is 15.8. The van der Waals surface area contributed by atoms with Crippen LogP contribution >= 0.6 is 11.6 Å². The second-order valence-electron chi connectivity index (χ2n) is 6.40. The zero-order chi connectivity index (χ0) is 19.7. The maximum Gasteiger partial charge on any atom is 0.269 e. The number of oxime groups is 1. The molecule has 1 amide bonds. The SMILES string of the molecule is Cc1cc(NC(=O)C2CC(c3cccc(F)c3)=NO2)n(-c2cccc(Cl)c2)n1. The Morgan fingerprint density at radius 1 is 1.25 bits per heavy atom. The first-order chi connectivity index (χ1) is 13.5. The molecule has 8 heteroatoms. The van der Waals surface area contributed by atoms with Gasteiger partial charge in [0, 0.05) is 23.1 Å². The standard InChI is InChI=1S/C20H16ClFN4O2/c1-12-8-19(26(24-12)16-7-3-5-14(21)10-16)23-20(27)18-11-17(25-28-18)13-4-2-6-15(22)9-13/h2-10,18H,11H2,1H3,(H,23,27). The molecule has 0 saturated heterocycles. The van der Waals surface area contributed by atoms with Crippen molar-refractivity contribution in [3.05, 3.63) is 76.7 Å². The summed E-state index contributed by atoms with van der Waals surface area (Å²) in [5.74, 6) is -0.236. The maximum atomic E-state index is 13.4. The van der Waals surface area contributed by atoms with E-state index < -0.39 is 6.10 Å². The van der Waals surface area contributed by atoms with E-state index in [1.54, 1.807) is 41.1 Å². The minimum Gasteiger partial charge on any atom is -0.382 e. The highest BCUT2D eigenvalue weighted by Gasteiger charge is 2.30. The van der Waals surface area contributed by atoms with Crippen molar-refractivity contribution >= 4 is 29.0 Å². The van der Waals surface area contributed by atoms with Crippen LogP contribution in [0.25, 0.3) is 5.69 Å². The van der Waals surface area contributed by atoms with E-state index >= 15 is 0 Å². The molecule has 3 aromatic rings. The van der Waals surface area contributed by atoms with E-state index in [4.69, 9.17) is 16.4 Å². The van der Waals surface area contributed by atoms with Crippen LogP contribution in [-0.4, -0.2) is 27.5 Å². The van der Waals surface area contributed by atoms with E-state index in [1.807, 2.05) is 13.0 Å². The van der Waals surface area contributed by atoms with Crippen molar-refractivity contribution in [2.24, 2.45) is 5.16 Å². The molecule has 28 heavy (non-hydrogen) atoms. The second kappa shape index (κ2) is 7.44. The van der Waals surface area contributed by atoms with Gasteiger partial charge < -0.3 is 10.2 Å². The number of aromatic nitrogens is 2. The van der Waals surface area contributed by atoms with Crippen LogP contribution in [0.2, 0.25) is 5.02 Å². The predicted octanol–water partition coefficient (Wildman–Crippen LogP) is 4.10. The van der Waals surface area contributed by atoms with Crippen molar-refractivity contribution in [3.63, 3.8) is 0 Å². The molecule has 0 spiro atoms. The lowest BCUT2D eigenvalue weighted by atomic mass is 10.0. The fourth-order valence-electron chi connectivity index (χ4n) is 2.96. The Morgan fingerprint density at radius 2 is 2.07 bits per heavy atom. The lowest BCUT2D eigenvalue weighted by Crippen LogP contribution is -2.29. The fraction of sp³-hybridized carbons (Fsp3) is 0.150. The number of anilines is 1. The van der Waals surface area contributed by atoms with E-state index in [-0.39, 0.29) is 18.1 Å². The van der Waals surface area contributed by atoms with Gasteiger partial charge in [-0.1, -0.05) is 35.0 Å². The molecule has 0 saturated carbocycles. The molecule has 1 atom stereocenters. The Kier molecular flexibility index (Phi) is 4.83. The molecule has 142 valence electrons. The molecular weight excluding hydrogens is 383 g/mol. The number of nitrogens with one attached hydrogen (secondary N) is 1. The number of halogens is 2. The second-order valence-corrected chi connectivity index (χ2v) is 6.83. The molecule has 1 unspecified atom stereocenters. The molecule has 6 nitrogen and oxygen atoms in total. The minimum absolute atomic E-state index is 0.250. The monoisotopic (exact) mass is 398 g/mol. The lowest BCUT2D eigenvalue weighted by Gasteiger charge is -2.11. The Labute approximate surface area is 165 Å². The summed E-state index contributed by atoms with van der Waals surface area (Å²) in [7, 11) is 0. The highest BCUT2D eigenvalue weighted by atomic mass is 35.5. The molecule has 1 aliphatic heterocycles. The van der Waals surface area contributed by atoms with Crippen molar-refractivity contribution in [3.8, 4) is 5.69 Å². The van der Waals surface area contributed by atoms with Gasteiger partial charge in [-0.25, -0.2) is 9.07 Å². The third-order valence-corrected chi connectivity index (χ3v) is 4.49. The zero-order valence-electron chi connectivity index (χ0n) is 14.9. The van der Waals surface area contributed by atoms with Gasteiger partial charge in [0.25, 0.3) is 5.91 Å². The number of rotatable bonds is 4. The van der Waals surface area contributed by atoms with E-state index in [2.05, 4.69) is 15.6 Å². The molecule has 4 rings (SSSR count). The molecule has 1 aromatic heterocycles. The Bertz CT molecular complexity index is 1080. The zero-order valence-corrected chi connectivity index (χ0v) is 15.7. The largest absolute Gasteiger partial charge is 0.382 e. The van der Waals surface area contributed by atoms with Gasteiger partial charge >= 0.3 is 0 Å². The minimum atomic E-state index is -0.804. The molecule has 2 heterocycles. The van der Waals surface area contributed by atoms with Gasteiger partial charge in [-0.2, -0.15) is 5.10 Å². The van der Waals surface area contributed by atoms with Crippen LogP contribution in [0, 0.1) is 12.7 Å². The van der Waals surface area contributed by atoms with Crippen LogP contribution < -0.4 is 5.32 Å². The van der Waals surface area contributed by atoms with Gasteiger partial charge in [0.1, 0.15) is 11.6 Å². The number of aryl methyl sites for hydroxylation is 1. The highest BCUT2D eigenvalue weighted by molar-refractivity contribution is 6.30. The predicted molar refractivity (Wildman–Crippen MR) is 104 cm³/mol. The Balaban J connectivity index is 1.50. The molecule has 2 aromatic carbocycles. The average molecular weight is 399 g/mol. The molecule has 1 N–H and O–H groups in total. The fourth-order valence-corrected chi connectivity index (χ4v) is 3.14. The van der Waals surface area contributed by atoms with E-state index in [9.17, 15) is 9.18 Å². The van der Waals surface area contributed by atoms with Gasteiger partial charge in [-0.05, 0) is 37.3 Å². The van der Waals surface area contributed by atoms with Crippen LogP contribution in [0.1, 0.15) is 17.7 Å². The van der Waals surface area contributed by atoms with Crippen LogP contribution in [0.5, 0.6) is 0 Å². The number of nitrogens with zero attached hydrogens (tertiary/aromatic N) is 3. The average Bonchev–Trinajstić information content (AvgIpc) is 3.29. The van der Waals surface area contributed by atoms with Crippen LogP contribution in [-0.2, 0) is 9.63 Å². The van der Waals surface area contributed by atoms with Crippen molar-refractivity contribution < 1.29 is 14.0 Å². The van der Waals surface area contributed by atoms with Crippen molar-refractivity contribution in [1.29, 1.82) is 0 Å². The topological polar surface area (TPSA) is 68.5 Å². The smallest absolute Gasteiger partial charge is 0.269 e. The van der Waals surface area contributed by atoms with Crippen LogP contribution in [0.4, 0.5) is 10.2 Å². The number of amides is 1. The third kappa shape index (κ3) is 3.75. The molecule has 0 bridgehead atoms. The summed E-state index contributed by atoms with van der Waals surface area (Å²) >= 11 is 6.06. The van der Waals surface area contributed by atoms with Crippen LogP contribution in [0.15, 0.2) is 59.8 Å². The summed E-state index contributed by atoms with van der Waals surface area (Å²) in [6.07, 6.45) is -0.555. The van der Waals surface area contributed by atoms with Gasteiger partial charge in [0.05, 0.1) is 17.1 Å². The van der Waals surface area contributed by atoms with E-state index in [0.717, 1.165) is 11.4 Å². The van der Waals surface area contributed by atoms with Gasteiger partial charge in [-0.3, -0.25) is 4.79 Å². The van der Waals surface area contributed by atoms with E-state index in [1.165, 1.54) is 12.1 Å². The van der Waals surface area contributed by atoms with Gasteiger partial charge in [0.2, 0.25) is 6.10 Å². The Hall–Kier alpha value is -3.19. The summed E-state index contributed by atoms with van der Waals surface area (Å²) in [6, 6.07) is 14.9. The van der Waals surface area contributed by atoms with Gasteiger partial charge in [-0.15, -0.1) is 0 Å². The summed E-state index contributed by atoms with van der Waals surface area (Å²) in [4.78, 5) is 17.9. The maximum absolute atomic E-state index is 13.4. The number of hydrogen-bond acceptors (Lipinski definition) is 4. The first kappa shape index (κ1) is 18.2. The van der Waals surface area contributed by atoms with E-state index in [0.29, 0.717) is 22.1 Å². The molecule has 1 aliphatic rings. The number of benzene rings is 2. The lowest BCUT2D eigenvalue weighted by molar-refractivity contribution is -0.125. The molecular formula is C20H16ClFN4O2. The molecule has 0 fully saturated rings. The van der Waals surface area contributed by atoms with Gasteiger partial charge in [0.15, 0.2) is 0 Å². The van der Waals surface area contributed by atoms with Crippen molar-refractivity contribution in [1.82, 2.24) is 9.78 Å². The third-order valence-electron chi connectivity index (χ3n) is 4.25. The number of carbonyl (C=O) groups is 1. The van der Waals surface area contributed by atoms with Crippen molar-refractivity contribution in [2.75, 3.05) is 5.32 Å². The van der Waals surface area contributed by atoms with Crippen LogP contribution in [0.3, 0.4) is 0 Å². The quantitative estimate of drug-likeness (QED) is 0.719. The first-order valence-electron chi connectivity index (χ1n) is 8.62. The molecule has 0 aliphatic carbocycles. The Morgan fingerprint density at radius 3 is 2.86 bits per heavy atom. The molecule has 0 radical (unpaired) electrons. The number of carbonyl (C=O) groups excluding carboxylic acids is 1.